The van der Waals surface area contributed by atoms with Gasteiger partial charge in [-0.3, -0.25) is 14.4 Å². The Morgan fingerprint density at radius 3 is 0.966 bits per heavy atom. The van der Waals surface area contributed by atoms with Crippen LogP contribution in [0.5, 0.6) is 0 Å². The van der Waals surface area contributed by atoms with Crippen LogP contribution in [0.15, 0.2) is 36.5 Å². The first kappa shape index (κ1) is 56.6. The van der Waals surface area contributed by atoms with E-state index in [9.17, 15) is 14.4 Å². The Bertz CT molecular complexity index is 1000. The highest BCUT2D eigenvalue weighted by atomic mass is 16.6. The first-order chi connectivity index (χ1) is 29.0. The minimum Gasteiger partial charge on any atom is -0.462 e. The molecule has 0 aromatic heterocycles. The molecule has 0 aliphatic heterocycles. The molecule has 0 radical (unpaired) electrons. The van der Waals surface area contributed by atoms with Crippen LogP contribution in [0.2, 0.25) is 0 Å². The quantitative estimate of drug-likeness (QED) is 0.0263. The molecule has 0 heterocycles. The van der Waals surface area contributed by atoms with Gasteiger partial charge >= 0.3 is 17.9 Å². The van der Waals surface area contributed by atoms with Gasteiger partial charge in [0.05, 0.1) is 0 Å². The van der Waals surface area contributed by atoms with Crippen molar-refractivity contribution in [2.45, 2.75) is 271 Å². The zero-order chi connectivity index (χ0) is 43.0. The second kappa shape index (κ2) is 48.3. The van der Waals surface area contributed by atoms with E-state index >= 15 is 0 Å². The molecule has 0 bridgehead atoms. The Kier molecular flexibility index (Phi) is 46.4. The van der Waals surface area contributed by atoms with E-state index in [1.807, 2.05) is 0 Å². The molecule has 1 atom stereocenters. The summed E-state index contributed by atoms with van der Waals surface area (Å²) in [6, 6.07) is 0. The molecule has 0 aliphatic carbocycles. The Morgan fingerprint density at radius 1 is 0.339 bits per heavy atom. The van der Waals surface area contributed by atoms with Crippen molar-refractivity contribution in [2.24, 2.45) is 0 Å². The van der Waals surface area contributed by atoms with Crippen LogP contribution in [0.3, 0.4) is 0 Å². The Labute approximate surface area is 365 Å². The van der Waals surface area contributed by atoms with Gasteiger partial charge in [-0.1, -0.05) is 205 Å². The molecular formula is C53H96O6. The summed E-state index contributed by atoms with van der Waals surface area (Å²) in [5.74, 6) is -0.892. The van der Waals surface area contributed by atoms with Crippen LogP contribution < -0.4 is 0 Å². The Morgan fingerprint density at radius 2 is 0.610 bits per heavy atom. The van der Waals surface area contributed by atoms with Gasteiger partial charge in [0.25, 0.3) is 0 Å². The number of unbranched alkanes of at least 4 members (excludes halogenated alkanes) is 29. The fraction of sp³-hybridized carbons (Fsp3) is 0.830. The summed E-state index contributed by atoms with van der Waals surface area (Å²) in [6.07, 6.45) is 55.6. The molecule has 59 heavy (non-hydrogen) atoms. The van der Waals surface area contributed by atoms with Gasteiger partial charge in [-0.2, -0.15) is 0 Å². The van der Waals surface area contributed by atoms with Crippen molar-refractivity contribution in [3.8, 4) is 0 Å². The molecule has 1 unspecified atom stereocenters. The third kappa shape index (κ3) is 46.5. The highest BCUT2D eigenvalue weighted by molar-refractivity contribution is 5.71. The fourth-order valence-electron chi connectivity index (χ4n) is 7.23. The van der Waals surface area contributed by atoms with Crippen LogP contribution in [0.4, 0.5) is 0 Å². The van der Waals surface area contributed by atoms with Crippen LogP contribution in [0.25, 0.3) is 0 Å². The molecule has 0 rings (SSSR count). The summed E-state index contributed by atoms with van der Waals surface area (Å²) in [7, 11) is 0. The van der Waals surface area contributed by atoms with Gasteiger partial charge in [0.2, 0.25) is 0 Å². The van der Waals surface area contributed by atoms with Crippen molar-refractivity contribution >= 4 is 17.9 Å². The fourth-order valence-corrected chi connectivity index (χ4v) is 7.23. The molecule has 0 aromatic carbocycles. The summed E-state index contributed by atoms with van der Waals surface area (Å²) >= 11 is 0. The van der Waals surface area contributed by atoms with Crippen molar-refractivity contribution < 1.29 is 28.6 Å². The van der Waals surface area contributed by atoms with Crippen LogP contribution in [0, 0.1) is 0 Å². The third-order valence-corrected chi connectivity index (χ3v) is 11.1. The van der Waals surface area contributed by atoms with E-state index in [-0.39, 0.29) is 31.1 Å². The summed E-state index contributed by atoms with van der Waals surface area (Å²) in [5.41, 5.74) is 0. The lowest BCUT2D eigenvalue weighted by Crippen LogP contribution is -2.30. The number of carbonyl (C=O) groups excluding carboxylic acids is 3. The lowest BCUT2D eigenvalue weighted by atomic mass is 10.1. The van der Waals surface area contributed by atoms with Crippen LogP contribution >= 0.6 is 0 Å². The van der Waals surface area contributed by atoms with Crippen molar-refractivity contribution in [3.05, 3.63) is 36.5 Å². The monoisotopic (exact) mass is 829 g/mol. The zero-order valence-corrected chi connectivity index (χ0v) is 39.3. The molecule has 0 aromatic rings. The first-order valence-corrected chi connectivity index (χ1v) is 25.5. The summed E-state index contributed by atoms with van der Waals surface area (Å²) in [6.45, 7) is 6.59. The lowest BCUT2D eigenvalue weighted by Gasteiger charge is -2.18. The smallest absolute Gasteiger partial charge is 0.306 e. The number of rotatable bonds is 46. The highest BCUT2D eigenvalue weighted by Gasteiger charge is 2.19. The average molecular weight is 829 g/mol. The van der Waals surface area contributed by atoms with Crippen LogP contribution in [0.1, 0.15) is 265 Å². The maximum absolute atomic E-state index is 12.8. The number of hydrogen-bond acceptors (Lipinski definition) is 6. The molecule has 0 saturated heterocycles. The van der Waals surface area contributed by atoms with E-state index in [2.05, 4.69) is 57.2 Å². The van der Waals surface area contributed by atoms with Gasteiger partial charge < -0.3 is 14.2 Å². The van der Waals surface area contributed by atoms with E-state index in [0.29, 0.717) is 19.3 Å². The van der Waals surface area contributed by atoms with Gasteiger partial charge in [-0.25, -0.2) is 0 Å². The lowest BCUT2D eigenvalue weighted by molar-refractivity contribution is -0.167. The molecule has 0 amide bonds. The average Bonchev–Trinajstić information content (AvgIpc) is 3.23. The number of allylic oxidation sites excluding steroid dienone is 6. The number of ether oxygens (including phenoxy) is 3. The predicted octanol–water partition coefficient (Wildman–Crippen LogP) is 16.5. The molecule has 6 nitrogen and oxygen atoms in total. The summed E-state index contributed by atoms with van der Waals surface area (Å²) in [5, 5.41) is 0. The van der Waals surface area contributed by atoms with Crippen LogP contribution in [-0.2, 0) is 28.6 Å². The van der Waals surface area contributed by atoms with E-state index in [1.165, 1.54) is 141 Å². The summed E-state index contributed by atoms with van der Waals surface area (Å²) < 4.78 is 16.7. The van der Waals surface area contributed by atoms with Crippen molar-refractivity contribution in [1.29, 1.82) is 0 Å². The van der Waals surface area contributed by atoms with E-state index in [4.69, 9.17) is 14.2 Å². The van der Waals surface area contributed by atoms with Gasteiger partial charge in [0.1, 0.15) is 13.2 Å². The van der Waals surface area contributed by atoms with Crippen molar-refractivity contribution in [1.82, 2.24) is 0 Å². The molecule has 0 saturated carbocycles. The number of hydrogen-bond donors (Lipinski definition) is 0. The van der Waals surface area contributed by atoms with E-state index in [1.54, 1.807) is 0 Å². The topological polar surface area (TPSA) is 78.9 Å². The molecular weight excluding hydrogens is 733 g/mol. The first-order valence-electron chi connectivity index (χ1n) is 25.5. The predicted molar refractivity (Wildman–Crippen MR) is 252 cm³/mol. The largest absolute Gasteiger partial charge is 0.462 e. The van der Waals surface area contributed by atoms with Crippen molar-refractivity contribution in [2.75, 3.05) is 13.2 Å². The SMILES string of the molecule is CCCCCC/C=C\C/C=C\CCCCCCCC(=O)OC(COC(=O)CCCCCCCCCC)COC(=O)CCCCCCCCC/C=C\CCCCCCCC. The molecule has 344 valence electrons. The number of carbonyl (C=O) groups is 3. The third-order valence-electron chi connectivity index (χ3n) is 11.1. The second-order valence-corrected chi connectivity index (χ2v) is 17.1. The molecule has 0 spiro atoms. The van der Waals surface area contributed by atoms with Crippen LogP contribution in [-0.4, -0.2) is 37.2 Å². The van der Waals surface area contributed by atoms with Gasteiger partial charge in [0.15, 0.2) is 6.10 Å². The Balaban J connectivity index is 4.31. The highest BCUT2D eigenvalue weighted by Crippen LogP contribution is 2.14. The maximum atomic E-state index is 12.8. The normalized spacial score (nSPS) is 12.3. The van der Waals surface area contributed by atoms with Crippen molar-refractivity contribution in [3.63, 3.8) is 0 Å². The number of esters is 3. The van der Waals surface area contributed by atoms with Gasteiger partial charge in [0, 0.05) is 19.3 Å². The van der Waals surface area contributed by atoms with Gasteiger partial charge in [-0.05, 0) is 77.0 Å². The zero-order valence-electron chi connectivity index (χ0n) is 39.3. The minimum absolute atomic E-state index is 0.0773. The molecule has 0 fully saturated rings. The second-order valence-electron chi connectivity index (χ2n) is 17.1. The van der Waals surface area contributed by atoms with E-state index < -0.39 is 6.10 Å². The molecule has 0 N–H and O–H groups in total. The standard InChI is InChI=1S/C53H96O6/c1-4-7-10-13-16-19-21-23-25-27-29-30-32-34-37-40-43-46-52(55)58-49-50(48-57-51(54)45-42-39-36-18-15-12-9-6-3)59-53(56)47-44-41-38-35-33-31-28-26-24-22-20-17-14-11-8-5-2/h20,22-23,25-26,28,50H,4-19,21,24,27,29-49H2,1-3H3/b22-20-,25-23-,28-26-. The maximum Gasteiger partial charge on any atom is 0.306 e. The van der Waals surface area contributed by atoms with Gasteiger partial charge in [-0.15, -0.1) is 0 Å². The Hall–Kier alpha value is -2.37. The minimum atomic E-state index is -0.776. The summed E-state index contributed by atoms with van der Waals surface area (Å²) in [4.78, 5) is 37.8. The van der Waals surface area contributed by atoms with E-state index in [0.717, 1.165) is 83.5 Å². The molecule has 6 heteroatoms. The molecule has 0 aliphatic rings.